The van der Waals surface area contributed by atoms with Gasteiger partial charge in [0, 0.05) is 27.5 Å². The van der Waals surface area contributed by atoms with E-state index in [1.165, 1.54) is 128 Å². The van der Waals surface area contributed by atoms with Crippen LogP contribution < -0.4 is 0 Å². The van der Waals surface area contributed by atoms with E-state index in [9.17, 15) is 0 Å². The number of para-hydroxylation sites is 1. The molecule has 1 aromatic heterocycles. The first-order valence-electron chi connectivity index (χ1n) is 26.5. The number of benzene rings is 11. The molecule has 3 aliphatic rings. The summed E-state index contributed by atoms with van der Waals surface area (Å²) in [5.41, 5.74) is 29.5. The minimum Gasteiger partial charge on any atom is -0.456 e. The van der Waals surface area contributed by atoms with Crippen LogP contribution in [0.5, 0.6) is 0 Å². The van der Waals surface area contributed by atoms with Crippen LogP contribution in [0, 0.1) is 0 Å². The molecule has 12 aromatic rings. The largest absolute Gasteiger partial charge is 0.456 e. The van der Waals surface area contributed by atoms with Crippen LogP contribution in [-0.4, -0.2) is 0 Å². The lowest BCUT2D eigenvalue weighted by molar-refractivity contribution is 0.652. The van der Waals surface area contributed by atoms with Crippen LogP contribution in [0.2, 0.25) is 0 Å². The van der Waals surface area contributed by atoms with Crippen LogP contribution in [0.15, 0.2) is 229 Å². The second kappa shape index (κ2) is 16.0. The average Bonchev–Trinajstić information content (AvgIpc) is 4.12. The van der Waals surface area contributed by atoms with E-state index in [2.05, 4.69) is 246 Å². The second-order valence-electron chi connectivity index (χ2n) is 22.3. The van der Waals surface area contributed by atoms with E-state index < -0.39 is 0 Å². The molecule has 74 heavy (non-hydrogen) atoms. The topological polar surface area (TPSA) is 13.1 Å². The Labute approximate surface area is 433 Å². The predicted molar refractivity (Wildman–Crippen MR) is 310 cm³/mol. The van der Waals surface area contributed by atoms with E-state index in [-0.39, 0.29) is 16.7 Å². The van der Waals surface area contributed by atoms with Crippen molar-refractivity contribution in [1.29, 1.82) is 0 Å². The van der Waals surface area contributed by atoms with Gasteiger partial charge in [-0.1, -0.05) is 222 Å². The molecular formula is C73H54O. The molecule has 352 valence electrons. The summed E-state index contributed by atoms with van der Waals surface area (Å²) in [5, 5.41) is 5.01. The standard InChI is InChI=1S/C73H54O/c1-72(2)65-39-44(22-32-56(65)57-34-28-49(41-67(57)72)50-29-36-61-60-17-10-11-20-69(60)74-70(61)43-50)21-31-52(51-30-35-59-58-33-27-48(45-13-6-5-7-14-45)40-66(58)73(3,4)68(59)42-51)46-23-25-47(26-24-46)53-37-38-64-55-16-9-8-15-54(55)63-19-12-18-62(53)71(63)64/h5-20,22-30,32-43,52H,21,31H2,1-4H3. The third-order valence-corrected chi connectivity index (χ3v) is 17.6. The van der Waals surface area contributed by atoms with Crippen molar-refractivity contribution in [2.24, 2.45) is 0 Å². The van der Waals surface area contributed by atoms with Crippen molar-refractivity contribution in [3.05, 3.63) is 263 Å². The first-order chi connectivity index (χ1) is 36.2. The van der Waals surface area contributed by atoms with Crippen LogP contribution in [0.3, 0.4) is 0 Å². The molecular weight excluding hydrogens is 893 g/mol. The van der Waals surface area contributed by atoms with Crippen molar-refractivity contribution < 1.29 is 4.42 Å². The number of aryl methyl sites for hydroxylation is 1. The molecule has 0 amide bonds. The van der Waals surface area contributed by atoms with Crippen molar-refractivity contribution in [3.8, 4) is 77.9 Å². The van der Waals surface area contributed by atoms with Gasteiger partial charge in [-0.05, 0) is 171 Å². The Bertz CT molecular complexity index is 4260. The van der Waals surface area contributed by atoms with Gasteiger partial charge in [0.2, 0.25) is 0 Å². The third kappa shape index (κ3) is 6.42. The summed E-state index contributed by atoms with van der Waals surface area (Å²) in [6.07, 6.45) is 1.95. The van der Waals surface area contributed by atoms with E-state index in [1.54, 1.807) is 0 Å². The zero-order valence-electron chi connectivity index (χ0n) is 42.3. The number of hydrogen-bond donors (Lipinski definition) is 0. The highest BCUT2D eigenvalue weighted by atomic mass is 16.3. The molecule has 1 nitrogen and oxygen atoms in total. The normalized spacial score (nSPS) is 14.5. The molecule has 3 aliphatic carbocycles. The van der Waals surface area contributed by atoms with Gasteiger partial charge in [0.05, 0.1) is 0 Å². The molecule has 1 atom stereocenters. The van der Waals surface area contributed by atoms with E-state index in [0.29, 0.717) is 0 Å². The molecule has 0 N–H and O–H groups in total. The van der Waals surface area contributed by atoms with Gasteiger partial charge in [0.15, 0.2) is 0 Å². The molecule has 1 heterocycles. The summed E-state index contributed by atoms with van der Waals surface area (Å²) in [6.45, 7) is 9.66. The van der Waals surface area contributed by atoms with Gasteiger partial charge >= 0.3 is 0 Å². The molecule has 0 spiro atoms. The summed E-state index contributed by atoms with van der Waals surface area (Å²) < 4.78 is 6.32. The number of rotatable bonds is 8. The van der Waals surface area contributed by atoms with Gasteiger partial charge in [0.25, 0.3) is 0 Å². The van der Waals surface area contributed by atoms with Crippen LogP contribution in [0.1, 0.15) is 79.0 Å². The second-order valence-corrected chi connectivity index (χ2v) is 22.3. The lowest BCUT2D eigenvalue weighted by Crippen LogP contribution is -2.16. The molecule has 11 aromatic carbocycles. The molecule has 1 unspecified atom stereocenters. The summed E-state index contributed by atoms with van der Waals surface area (Å²) in [7, 11) is 0. The van der Waals surface area contributed by atoms with Crippen molar-refractivity contribution in [2.45, 2.75) is 57.3 Å². The van der Waals surface area contributed by atoms with Crippen molar-refractivity contribution in [1.82, 2.24) is 0 Å². The molecule has 0 radical (unpaired) electrons. The molecule has 0 saturated carbocycles. The van der Waals surface area contributed by atoms with Gasteiger partial charge in [-0.15, -0.1) is 0 Å². The van der Waals surface area contributed by atoms with Crippen molar-refractivity contribution in [3.63, 3.8) is 0 Å². The summed E-state index contributed by atoms with van der Waals surface area (Å²) >= 11 is 0. The average molecular weight is 947 g/mol. The fraction of sp³-hybridized carbons (Fsp3) is 0.123. The highest BCUT2D eigenvalue weighted by Crippen LogP contribution is 2.54. The van der Waals surface area contributed by atoms with E-state index in [4.69, 9.17) is 4.42 Å². The van der Waals surface area contributed by atoms with Crippen molar-refractivity contribution >= 4 is 32.7 Å². The molecule has 15 rings (SSSR count). The Morgan fingerprint density at radius 1 is 0.324 bits per heavy atom. The van der Waals surface area contributed by atoms with Gasteiger partial charge < -0.3 is 4.42 Å². The Balaban J connectivity index is 0.774. The van der Waals surface area contributed by atoms with Gasteiger partial charge in [-0.25, -0.2) is 0 Å². The SMILES string of the molecule is CC1(C)c2cc(CCC(c3ccc(-c4ccc5c6c(cccc46)-c4ccccc4-5)cc3)c3ccc4c(c3)C(C)(C)c3cc(-c5ccccc5)ccc3-4)ccc2-c2ccc(-c3ccc4c(c3)oc3ccccc34)cc21. The Kier molecular flexibility index (Phi) is 9.31. The lowest BCUT2D eigenvalue weighted by atomic mass is 9.78. The monoisotopic (exact) mass is 946 g/mol. The van der Waals surface area contributed by atoms with Crippen LogP contribution in [0.25, 0.3) is 111 Å². The zero-order valence-corrected chi connectivity index (χ0v) is 42.3. The van der Waals surface area contributed by atoms with Crippen LogP contribution >= 0.6 is 0 Å². The Morgan fingerprint density at radius 3 is 1.57 bits per heavy atom. The van der Waals surface area contributed by atoms with Gasteiger partial charge in [0.1, 0.15) is 11.2 Å². The first-order valence-corrected chi connectivity index (χ1v) is 26.5. The lowest BCUT2D eigenvalue weighted by Gasteiger charge is -2.25. The first kappa shape index (κ1) is 43.1. The highest BCUT2D eigenvalue weighted by Gasteiger charge is 2.38. The van der Waals surface area contributed by atoms with E-state index in [0.717, 1.165) is 34.8 Å². The number of furan rings is 1. The fourth-order valence-corrected chi connectivity index (χ4v) is 13.6. The predicted octanol–water partition coefficient (Wildman–Crippen LogP) is 19.8. The van der Waals surface area contributed by atoms with E-state index >= 15 is 0 Å². The highest BCUT2D eigenvalue weighted by molar-refractivity contribution is 6.18. The van der Waals surface area contributed by atoms with Gasteiger partial charge in [-0.2, -0.15) is 0 Å². The molecule has 0 saturated heterocycles. The fourth-order valence-electron chi connectivity index (χ4n) is 13.6. The van der Waals surface area contributed by atoms with Crippen LogP contribution in [0.4, 0.5) is 0 Å². The third-order valence-electron chi connectivity index (χ3n) is 17.6. The molecule has 1 heteroatoms. The maximum Gasteiger partial charge on any atom is 0.136 e. The maximum atomic E-state index is 6.32. The molecule has 0 bridgehead atoms. The molecule has 0 aliphatic heterocycles. The number of fused-ring (bicyclic) bond motifs is 12. The quantitative estimate of drug-likeness (QED) is 0.148. The van der Waals surface area contributed by atoms with Crippen LogP contribution in [-0.2, 0) is 17.3 Å². The van der Waals surface area contributed by atoms with Crippen molar-refractivity contribution in [2.75, 3.05) is 0 Å². The molecule has 0 fully saturated rings. The Hall–Kier alpha value is -8.52. The zero-order chi connectivity index (χ0) is 49.5. The van der Waals surface area contributed by atoms with E-state index in [1.807, 2.05) is 6.07 Å². The Morgan fingerprint density at radius 2 is 0.824 bits per heavy atom. The number of hydrogen-bond acceptors (Lipinski definition) is 1. The minimum atomic E-state index is -0.151. The van der Waals surface area contributed by atoms with Gasteiger partial charge in [-0.3, -0.25) is 0 Å². The maximum absolute atomic E-state index is 6.32. The smallest absolute Gasteiger partial charge is 0.136 e. The summed E-state index contributed by atoms with van der Waals surface area (Å²) in [6, 6.07) is 84.7. The summed E-state index contributed by atoms with van der Waals surface area (Å²) in [5.74, 6) is 0.196. The summed E-state index contributed by atoms with van der Waals surface area (Å²) in [4.78, 5) is 0. The minimum absolute atomic E-state index is 0.143.